The van der Waals surface area contributed by atoms with Gasteiger partial charge in [-0.3, -0.25) is 4.79 Å². The summed E-state index contributed by atoms with van der Waals surface area (Å²) in [7, 11) is -3.69. The lowest BCUT2D eigenvalue weighted by atomic mass is 9.84. The molecular weight excluding hydrogens is 256 g/mol. The molecule has 0 radical (unpaired) electrons. The number of carboxylic acid groups (broad SMARTS) is 1. The van der Waals surface area contributed by atoms with Crippen LogP contribution in [0.25, 0.3) is 0 Å². The van der Waals surface area contributed by atoms with E-state index in [-0.39, 0.29) is 12.0 Å². The number of hydrogen-bond donors (Lipinski definition) is 3. The van der Waals surface area contributed by atoms with E-state index >= 15 is 0 Å². The summed E-state index contributed by atoms with van der Waals surface area (Å²) in [6.45, 7) is 0. The Bertz CT molecular complexity index is 399. The van der Waals surface area contributed by atoms with Gasteiger partial charge in [0.25, 0.3) is 10.2 Å². The zero-order chi connectivity index (χ0) is 13.2. The van der Waals surface area contributed by atoms with Crippen LogP contribution in [0.15, 0.2) is 0 Å². The van der Waals surface area contributed by atoms with Crippen molar-refractivity contribution in [1.82, 2.24) is 9.44 Å². The van der Waals surface area contributed by atoms with Crippen LogP contribution in [0, 0.1) is 5.92 Å². The Balaban J connectivity index is 1.98. The van der Waals surface area contributed by atoms with Crippen LogP contribution in [0.1, 0.15) is 44.9 Å². The fraction of sp³-hybridized carbons (Fsp3) is 0.909. The molecule has 2 fully saturated rings. The first-order valence-corrected chi connectivity index (χ1v) is 7.98. The van der Waals surface area contributed by atoms with E-state index in [0.29, 0.717) is 0 Å². The van der Waals surface area contributed by atoms with Gasteiger partial charge in [0.15, 0.2) is 0 Å². The largest absolute Gasteiger partial charge is 0.480 e. The molecule has 7 heteroatoms. The Hall–Kier alpha value is -0.660. The van der Waals surface area contributed by atoms with E-state index in [9.17, 15) is 18.3 Å². The van der Waals surface area contributed by atoms with Gasteiger partial charge < -0.3 is 5.11 Å². The van der Waals surface area contributed by atoms with Gasteiger partial charge in [-0.15, -0.1) is 0 Å². The molecule has 2 saturated carbocycles. The Morgan fingerprint density at radius 1 is 1.11 bits per heavy atom. The van der Waals surface area contributed by atoms with Crippen LogP contribution in [-0.4, -0.2) is 31.6 Å². The molecule has 2 aliphatic carbocycles. The topological polar surface area (TPSA) is 95.5 Å². The van der Waals surface area contributed by atoms with Crippen LogP contribution in [0.2, 0.25) is 0 Å². The first-order valence-electron chi connectivity index (χ1n) is 6.50. The van der Waals surface area contributed by atoms with Gasteiger partial charge in [-0.25, -0.2) is 0 Å². The average Bonchev–Trinajstić information content (AvgIpc) is 3.10. The second-order valence-corrected chi connectivity index (χ2v) is 6.71. The summed E-state index contributed by atoms with van der Waals surface area (Å²) in [5.74, 6) is -1.17. The van der Waals surface area contributed by atoms with Crippen LogP contribution in [-0.2, 0) is 15.0 Å². The van der Waals surface area contributed by atoms with E-state index in [2.05, 4.69) is 9.44 Å². The number of carbonyl (C=O) groups is 1. The molecular formula is C11H20N2O4S. The van der Waals surface area contributed by atoms with Crippen LogP contribution >= 0.6 is 0 Å². The van der Waals surface area contributed by atoms with Crippen molar-refractivity contribution in [3.8, 4) is 0 Å². The number of nitrogens with one attached hydrogen (secondary N) is 2. The summed E-state index contributed by atoms with van der Waals surface area (Å²) >= 11 is 0. The van der Waals surface area contributed by atoms with Crippen molar-refractivity contribution < 1.29 is 18.3 Å². The summed E-state index contributed by atoms with van der Waals surface area (Å²) < 4.78 is 28.3. The van der Waals surface area contributed by atoms with Gasteiger partial charge in [0.05, 0.1) is 0 Å². The molecule has 2 rings (SSSR count). The van der Waals surface area contributed by atoms with Gasteiger partial charge in [0.1, 0.15) is 6.04 Å². The molecule has 0 spiro atoms. The Morgan fingerprint density at radius 2 is 1.72 bits per heavy atom. The van der Waals surface area contributed by atoms with Crippen LogP contribution in [0.3, 0.4) is 0 Å². The molecule has 104 valence electrons. The quantitative estimate of drug-likeness (QED) is 0.662. The van der Waals surface area contributed by atoms with Crippen molar-refractivity contribution in [2.24, 2.45) is 5.92 Å². The van der Waals surface area contributed by atoms with Gasteiger partial charge in [0, 0.05) is 6.04 Å². The van der Waals surface area contributed by atoms with Gasteiger partial charge in [0.2, 0.25) is 0 Å². The lowest BCUT2D eigenvalue weighted by molar-refractivity contribution is -0.140. The molecule has 0 saturated heterocycles. The third-order valence-corrected chi connectivity index (χ3v) is 4.78. The minimum Gasteiger partial charge on any atom is -0.480 e. The molecule has 1 atom stereocenters. The average molecular weight is 276 g/mol. The normalized spacial score (nSPS) is 23.8. The molecule has 3 N–H and O–H groups in total. The first-order chi connectivity index (χ1) is 8.48. The fourth-order valence-corrected chi connectivity index (χ4v) is 3.81. The molecule has 0 aromatic heterocycles. The maximum atomic E-state index is 11.8. The highest BCUT2D eigenvalue weighted by Crippen LogP contribution is 2.27. The van der Waals surface area contributed by atoms with Crippen LogP contribution in [0.5, 0.6) is 0 Å². The van der Waals surface area contributed by atoms with Gasteiger partial charge in [-0.2, -0.15) is 17.9 Å². The smallest absolute Gasteiger partial charge is 0.322 e. The second kappa shape index (κ2) is 5.54. The Labute approximate surface area is 107 Å². The van der Waals surface area contributed by atoms with Crippen LogP contribution in [0.4, 0.5) is 0 Å². The molecule has 0 aromatic rings. The zero-order valence-corrected chi connectivity index (χ0v) is 11.1. The van der Waals surface area contributed by atoms with E-state index in [0.717, 1.165) is 44.9 Å². The predicted octanol–water partition coefficient (Wildman–Crippen LogP) is 0.606. The highest BCUT2D eigenvalue weighted by molar-refractivity contribution is 7.87. The monoisotopic (exact) mass is 276 g/mol. The fourth-order valence-electron chi connectivity index (χ4n) is 2.44. The van der Waals surface area contributed by atoms with Gasteiger partial charge >= 0.3 is 5.97 Å². The van der Waals surface area contributed by atoms with Gasteiger partial charge in [-0.1, -0.05) is 19.3 Å². The molecule has 0 heterocycles. The van der Waals surface area contributed by atoms with E-state index in [1.165, 1.54) is 0 Å². The molecule has 0 bridgehead atoms. The van der Waals surface area contributed by atoms with Crippen molar-refractivity contribution in [1.29, 1.82) is 0 Å². The van der Waals surface area contributed by atoms with Crippen molar-refractivity contribution in [2.45, 2.75) is 57.0 Å². The van der Waals surface area contributed by atoms with Crippen molar-refractivity contribution in [3.05, 3.63) is 0 Å². The van der Waals surface area contributed by atoms with E-state index in [1.54, 1.807) is 0 Å². The maximum Gasteiger partial charge on any atom is 0.322 e. The third kappa shape index (κ3) is 3.93. The second-order valence-electron chi connectivity index (χ2n) is 5.23. The number of carboxylic acids is 1. The molecule has 6 nitrogen and oxygen atoms in total. The van der Waals surface area contributed by atoms with Crippen LogP contribution < -0.4 is 9.44 Å². The maximum absolute atomic E-state index is 11.8. The van der Waals surface area contributed by atoms with Crippen molar-refractivity contribution in [3.63, 3.8) is 0 Å². The molecule has 2 aliphatic rings. The zero-order valence-electron chi connectivity index (χ0n) is 10.3. The molecule has 0 amide bonds. The minimum absolute atomic E-state index is 0.0108. The highest BCUT2D eigenvalue weighted by atomic mass is 32.2. The summed E-state index contributed by atoms with van der Waals surface area (Å²) in [5.41, 5.74) is 0. The third-order valence-electron chi connectivity index (χ3n) is 3.57. The number of aliphatic carboxylic acids is 1. The number of rotatable bonds is 6. The summed E-state index contributed by atoms with van der Waals surface area (Å²) in [4.78, 5) is 11.2. The van der Waals surface area contributed by atoms with Crippen molar-refractivity contribution in [2.75, 3.05) is 0 Å². The summed E-state index contributed by atoms with van der Waals surface area (Å²) in [6, 6.07) is -1.01. The van der Waals surface area contributed by atoms with E-state index < -0.39 is 22.2 Å². The summed E-state index contributed by atoms with van der Waals surface area (Å²) in [5, 5.41) is 9.18. The molecule has 18 heavy (non-hydrogen) atoms. The summed E-state index contributed by atoms with van der Waals surface area (Å²) in [6.07, 6.45) is 6.30. The lowest BCUT2D eigenvalue weighted by Gasteiger charge is -2.27. The standard InChI is InChI=1S/C11H20N2O4S/c14-11(15)10(8-4-2-1-3-5-8)13-18(16,17)12-9-6-7-9/h8-10,12-13H,1-7H2,(H,14,15). The Kier molecular flexibility index (Phi) is 4.24. The first kappa shape index (κ1) is 13.8. The molecule has 0 aliphatic heterocycles. The number of hydrogen-bond acceptors (Lipinski definition) is 3. The lowest BCUT2D eigenvalue weighted by Crippen LogP contribution is -2.50. The van der Waals surface area contributed by atoms with Crippen molar-refractivity contribution >= 4 is 16.2 Å². The predicted molar refractivity (Wildman–Crippen MR) is 66.2 cm³/mol. The van der Waals surface area contributed by atoms with E-state index in [4.69, 9.17) is 0 Å². The SMILES string of the molecule is O=C(O)C(NS(=O)(=O)NC1CC1)C1CCCCC1. The Morgan fingerprint density at radius 3 is 2.22 bits per heavy atom. The molecule has 0 aromatic carbocycles. The molecule has 1 unspecified atom stereocenters. The van der Waals surface area contributed by atoms with E-state index in [1.807, 2.05) is 0 Å². The highest BCUT2D eigenvalue weighted by Gasteiger charge is 2.35. The minimum atomic E-state index is -3.69. The van der Waals surface area contributed by atoms with Gasteiger partial charge in [-0.05, 0) is 31.6 Å².